The standard InChI is InChI=1S/C15H18N2O/c1-11(2)10-12-4-6-13(7-5-12)14-8-9-16-15(17-14)18-3/h4-9,11H,10H2,1-3H3. The average Bonchev–Trinajstić information content (AvgIpc) is 2.39. The van der Waals surface area contributed by atoms with Gasteiger partial charge in [-0.3, -0.25) is 0 Å². The van der Waals surface area contributed by atoms with Gasteiger partial charge in [-0.25, -0.2) is 4.98 Å². The van der Waals surface area contributed by atoms with Crippen molar-refractivity contribution >= 4 is 0 Å². The van der Waals surface area contributed by atoms with Gasteiger partial charge in [0.05, 0.1) is 12.8 Å². The Kier molecular flexibility index (Phi) is 3.92. The smallest absolute Gasteiger partial charge is 0.316 e. The monoisotopic (exact) mass is 242 g/mol. The molecular weight excluding hydrogens is 224 g/mol. The molecule has 0 spiro atoms. The van der Waals surface area contributed by atoms with Crippen LogP contribution in [0, 0.1) is 5.92 Å². The second kappa shape index (κ2) is 5.63. The van der Waals surface area contributed by atoms with Crippen LogP contribution in [0.3, 0.4) is 0 Å². The number of aromatic nitrogens is 2. The van der Waals surface area contributed by atoms with Crippen molar-refractivity contribution in [1.82, 2.24) is 9.97 Å². The van der Waals surface area contributed by atoms with E-state index in [1.165, 1.54) is 5.56 Å². The highest BCUT2D eigenvalue weighted by atomic mass is 16.5. The van der Waals surface area contributed by atoms with E-state index in [1.54, 1.807) is 13.3 Å². The summed E-state index contributed by atoms with van der Waals surface area (Å²) in [4.78, 5) is 8.33. The molecule has 0 saturated heterocycles. The summed E-state index contributed by atoms with van der Waals surface area (Å²) in [6.07, 6.45) is 2.82. The minimum Gasteiger partial charge on any atom is -0.467 e. The molecule has 0 aliphatic heterocycles. The second-order valence-electron chi connectivity index (χ2n) is 4.72. The molecule has 2 rings (SSSR count). The van der Waals surface area contributed by atoms with E-state index >= 15 is 0 Å². The number of hydrogen-bond acceptors (Lipinski definition) is 3. The van der Waals surface area contributed by atoms with Gasteiger partial charge in [-0.1, -0.05) is 38.1 Å². The highest BCUT2D eigenvalue weighted by Crippen LogP contribution is 2.19. The van der Waals surface area contributed by atoms with Gasteiger partial charge in [0.1, 0.15) is 0 Å². The normalized spacial score (nSPS) is 10.7. The van der Waals surface area contributed by atoms with Gasteiger partial charge < -0.3 is 4.74 Å². The molecule has 3 heteroatoms. The molecule has 0 aliphatic carbocycles. The molecule has 0 aliphatic rings. The highest BCUT2D eigenvalue weighted by Gasteiger charge is 2.03. The summed E-state index contributed by atoms with van der Waals surface area (Å²) < 4.78 is 5.03. The van der Waals surface area contributed by atoms with Gasteiger partial charge in [-0.15, -0.1) is 0 Å². The van der Waals surface area contributed by atoms with E-state index in [0.29, 0.717) is 11.9 Å². The summed E-state index contributed by atoms with van der Waals surface area (Å²) >= 11 is 0. The third-order valence-corrected chi connectivity index (χ3v) is 2.71. The maximum atomic E-state index is 5.03. The summed E-state index contributed by atoms with van der Waals surface area (Å²) in [5, 5.41) is 0. The Balaban J connectivity index is 2.22. The first-order valence-corrected chi connectivity index (χ1v) is 6.15. The minimum atomic E-state index is 0.402. The van der Waals surface area contributed by atoms with Crippen LogP contribution >= 0.6 is 0 Å². The third-order valence-electron chi connectivity index (χ3n) is 2.71. The Labute approximate surface area is 108 Å². The van der Waals surface area contributed by atoms with Gasteiger partial charge in [-0.05, 0) is 24.0 Å². The molecule has 2 aromatic rings. The minimum absolute atomic E-state index is 0.402. The van der Waals surface area contributed by atoms with E-state index in [2.05, 4.69) is 48.1 Å². The summed E-state index contributed by atoms with van der Waals surface area (Å²) in [7, 11) is 1.57. The molecule has 0 amide bonds. The lowest BCUT2D eigenvalue weighted by atomic mass is 10.0. The Morgan fingerprint density at radius 2 is 1.83 bits per heavy atom. The van der Waals surface area contributed by atoms with Crippen molar-refractivity contribution < 1.29 is 4.74 Å². The van der Waals surface area contributed by atoms with E-state index < -0.39 is 0 Å². The van der Waals surface area contributed by atoms with Crippen LogP contribution in [0.2, 0.25) is 0 Å². The fourth-order valence-corrected chi connectivity index (χ4v) is 1.88. The molecule has 0 N–H and O–H groups in total. The van der Waals surface area contributed by atoms with Crippen LogP contribution in [0.4, 0.5) is 0 Å². The van der Waals surface area contributed by atoms with Crippen molar-refractivity contribution in [2.24, 2.45) is 5.92 Å². The van der Waals surface area contributed by atoms with E-state index in [1.807, 2.05) is 6.07 Å². The molecule has 1 aromatic heterocycles. The van der Waals surface area contributed by atoms with Crippen LogP contribution in [-0.4, -0.2) is 17.1 Å². The number of benzene rings is 1. The van der Waals surface area contributed by atoms with E-state index in [9.17, 15) is 0 Å². The quantitative estimate of drug-likeness (QED) is 0.824. The molecule has 0 fully saturated rings. The number of rotatable bonds is 4. The van der Waals surface area contributed by atoms with Gasteiger partial charge in [0.25, 0.3) is 0 Å². The van der Waals surface area contributed by atoms with E-state index in [-0.39, 0.29) is 0 Å². The predicted molar refractivity (Wildman–Crippen MR) is 72.6 cm³/mol. The average molecular weight is 242 g/mol. The molecule has 0 bridgehead atoms. The number of ether oxygens (including phenoxy) is 1. The maximum Gasteiger partial charge on any atom is 0.316 e. The Morgan fingerprint density at radius 3 is 2.44 bits per heavy atom. The van der Waals surface area contributed by atoms with Crippen LogP contribution in [0.5, 0.6) is 6.01 Å². The van der Waals surface area contributed by atoms with Gasteiger partial charge in [0, 0.05) is 11.8 Å². The number of hydrogen-bond donors (Lipinski definition) is 0. The zero-order chi connectivity index (χ0) is 13.0. The van der Waals surface area contributed by atoms with Crippen LogP contribution in [0.1, 0.15) is 19.4 Å². The lowest BCUT2D eigenvalue weighted by Crippen LogP contribution is -1.95. The molecule has 0 saturated carbocycles. The zero-order valence-electron chi connectivity index (χ0n) is 11.1. The van der Waals surface area contributed by atoms with Gasteiger partial charge in [-0.2, -0.15) is 4.98 Å². The third kappa shape index (κ3) is 3.06. The Bertz CT molecular complexity index is 506. The summed E-state index contributed by atoms with van der Waals surface area (Å²) in [6, 6.07) is 10.8. The first-order valence-electron chi connectivity index (χ1n) is 6.15. The fourth-order valence-electron chi connectivity index (χ4n) is 1.88. The molecule has 3 nitrogen and oxygen atoms in total. The van der Waals surface area contributed by atoms with Crippen LogP contribution in [0.15, 0.2) is 36.5 Å². The van der Waals surface area contributed by atoms with Crippen molar-refractivity contribution in [2.45, 2.75) is 20.3 Å². The molecule has 0 atom stereocenters. The van der Waals surface area contributed by atoms with Crippen LogP contribution < -0.4 is 4.74 Å². The van der Waals surface area contributed by atoms with Gasteiger partial charge in [0.2, 0.25) is 0 Å². The summed E-state index contributed by atoms with van der Waals surface area (Å²) in [6.45, 7) is 4.45. The fraction of sp³-hybridized carbons (Fsp3) is 0.333. The number of methoxy groups -OCH3 is 1. The van der Waals surface area contributed by atoms with Gasteiger partial charge >= 0.3 is 6.01 Å². The lowest BCUT2D eigenvalue weighted by Gasteiger charge is -2.06. The van der Waals surface area contributed by atoms with Gasteiger partial charge in [0.15, 0.2) is 0 Å². The first-order chi connectivity index (χ1) is 8.69. The topological polar surface area (TPSA) is 35.0 Å². The van der Waals surface area contributed by atoms with Crippen molar-refractivity contribution in [2.75, 3.05) is 7.11 Å². The maximum absolute atomic E-state index is 5.03. The van der Waals surface area contributed by atoms with Crippen molar-refractivity contribution in [3.63, 3.8) is 0 Å². The SMILES string of the molecule is COc1nccc(-c2ccc(CC(C)C)cc2)n1. The second-order valence-corrected chi connectivity index (χ2v) is 4.72. The molecular formula is C15H18N2O. The van der Waals surface area contributed by atoms with Crippen LogP contribution in [0.25, 0.3) is 11.3 Å². The molecule has 0 radical (unpaired) electrons. The molecule has 1 heterocycles. The molecule has 18 heavy (non-hydrogen) atoms. The van der Waals surface area contributed by atoms with Crippen molar-refractivity contribution in [3.8, 4) is 17.3 Å². The first kappa shape index (κ1) is 12.6. The van der Waals surface area contributed by atoms with E-state index in [4.69, 9.17) is 4.74 Å². The molecule has 0 unspecified atom stereocenters. The molecule has 1 aromatic carbocycles. The largest absolute Gasteiger partial charge is 0.467 e. The summed E-state index contributed by atoms with van der Waals surface area (Å²) in [5.74, 6) is 0.676. The molecule has 94 valence electrons. The highest BCUT2D eigenvalue weighted by molar-refractivity contribution is 5.59. The van der Waals surface area contributed by atoms with Crippen molar-refractivity contribution in [1.29, 1.82) is 0 Å². The van der Waals surface area contributed by atoms with E-state index in [0.717, 1.165) is 17.7 Å². The van der Waals surface area contributed by atoms with Crippen LogP contribution in [-0.2, 0) is 6.42 Å². The zero-order valence-corrected chi connectivity index (χ0v) is 11.1. The van der Waals surface area contributed by atoms with Crippen molar-refractivity contribution in [3.05, 3.63) is 42.1 Å². The summed E-state index contributed by atoms with van der Waals surface area (Å²) in [5.41, 5.74) is 3.33. The lowest BCUT2D eigenvalue weighted by molar-refractivity contribution is 0.380. The Morgan fingerprint density at radius 1 is 1.11 bits per heavy atom. The predicted octanol–water partition coefficient (Wildman–Crippen LogP) is 3.35. The Hall–Kier alpha value is -1.90. The number of nitrogens with zero attached hydrogens (tertiary/aromatic N) is 2.